The molecule has 0 radical (unpaired) electrons. The van der Waals surface area contributed by atoms with E-state index >= 15 is 0 Å². The zero-order valence-electron chi connectivity index (χ0n) is 18.7. The monoisotopic (exact) mass is 526 g/mol. The summed E-state index contributed by atoms with van der Waals surface area (Å²) in [5.74, 6) is 3.48. The van der Waals surface area contributed by atoms with Gasteiger partial charge in [-0.2, -0.15) is 0 Å². The molecule has 0 atom stereocenters. The minimum atomic E-state index is -0.0754. The maximum atomic E-state index is 5.39. The fourth-order valence-electron chi connectivity index (χ4n) is 3.61. The van der Waals surface area contributed by atoms with Gasteiger partial charge in [-0.3, -0.25) is 0 Å². The maximum Gasteiger partial charge on any atom is 0.191 e. The molecule has 166 valence electrons. The summed E-state index contributed by atoms with van der Waals surface area (Å²) in [5.41, 5.74) is 1.15. The van der Waals surface area contributed by atoms with E-state index in [9.17, 15) is 0 Å². The van der Waals surface area contributed by atoms with Gasteiger partial charge in [0.2, 0.25) is 0 Å². The summed E-state index contributed by atoms with van der Waals surface area (Å²) in [7, 11) is 3.68. The number of methoxy groups -OCH3 is 1. The number of aryl methyl sites for hydroxylation is 1. The van der Waals surface area contributed by atoms with Crippen LogP contribution in [0, 0.1) is 6.92 Å². The molecule has 3 rings (SSSR count). The fourth-order valence-corrected chi connectivity index (χ4v) is 3.61. The van der Waals surface area contributed by atoms with Gasteiger partial charge in [0, 0.05) is 25.0 Å². The Morgan fingerprint density at radius 2 is 2.00 bits per heavy atom. The van der Waals surface area contributed by atoms with Crippen molar-refractivity contribution in [2.24, 2.45) is 12.0 Å². The van der Waals surface area contributed by atoms with Gasteiger partial charge in [0.05, 0.1) is 7.11 Å². The van der Waals surface area contributed by atoms with Crippen LogP contribution in [0.1, 0.15) is 56.7 Å². The average Bonchev–Trinajstić information content (AvgIpc) is 3.34. The van der Waals surface area contributed by atoms with Crippen molar-refractivity contribution < 1.29 is 4.74 Å². The largest absolute Gasteiger partial charge is 0.497 e. The Morgan fingerprint density at radius 3 is 2.63 bits per heavy atom. The van der Waals surface area contributed by atoms with Crippen LogP contribution in [-0.4, -0.2) is 40.4 Å². The molecule has 7 nitrogen and oxygen atoms in total. The van der Waals surface area contributed by atoms with E-state index in [4.69, 9.17) is 9.73 Å². The standard InChI is InChI=1S/C22H34N6O.HI/c1-16-26-27-20(28(16)4)14-23-21(25-18-10-6-7-11-18)24-15-22(2,3)17-9-8-12-19(13-17)29-5;/h8-9,12-13,18H,6-7,10-11,14-15H2,1-5H3,(H2,23,24,25);1H. The summed E-state index contributed by atoms with van der Waals surface area (Å²) in [5, 5.41) is 15.5. The van der Waals surface area contributed by atoms with Crippen molar-refractivity contribution in [1.82, 2.24) is 25.4 Å². The van der Waals surface area contributed by atoms with Crippen molar-refractivity contribution in [3.8, 4) is 5.75 Å². The molecule has 30 heavy (non-hydrogen) atoms. The Balaban J connectivity index is 0.00000320. The van der Waals surface area contributed by atoms with E-state index in [0.717, 1.165) is 29.9 Å². The molecule has 0 bridgehead atoms. The second kappa shape index (κ2) is 11.0. The number of hydrogen-bond acceptors (Lipinski definition) is 4. The molecular formula is C22H35IN6O. The number of nitrogens with zero attached hydrogens (tertiary/aromatic N) is 4. The lowest BCUT2D eigenvalue weighted by molar-refractivity contribution is 0.411. The molecule has 0 saturated heterocycles. The summed E-state index contributed by atoms with van der Waals surface area (Å²) < 4.78 is 7.38. The minimum absolute atomic E-state index is 0. The van der Waals surface area contributed by atoms with Crippen LogP contribution in [0.15, 0.2) is 29.3 Å². The van der Waals surface area contributed by atoms with Crippen LogP contribution >= 0.6 is 24.0 Å². The van der Waals surface area contributed by atoms with E-state index in [0.29, 0.717) is 12.6 Å². The van der Waals surface area contributed by atoms with Gasteiger partial charge in [-0.1, -0.05) is 38.8 Å². The Kier molecular flexibility index (Phi) is 8.93. The average molecular weight is 526 g/mol. The number of guanidine groups is 1. The number of aliphatic imine (C=N–C) groups is 1. The fraction of sp³-hybridized carbons (Fsp3) is 0.591. The highest BCUT2D eigenvalue weighted by molar-refractivity contribution is 14.0. The quantitative estimate of drug-likeness (QED) is 0.327. The van der Waals surface area contributed by atoms with Crippen LogP contribution in [0.5, 0.6) is 5.75 Å². The van der Waals surface area contributed by atoms with Gasteiger partial charge in [-0.25, -0.2) is 4.99 Å². The molecule has 0 aliphatic heterocycles. The van der Waals surface area contributed by atoms with E-state index < -0.39 is 0 Å². The smallest absolute Gasteiger partial charge is 0.191 e. The number of nitrogens with one attached hydrogen (secondary N) is 2. The van der Waals surface area contributed by atoms with Gasteiger partial charge in [-0.05, 0) is 37.5 Å². The second-order valence-corrected chi connectivity index (χ2v) is 8.48. The van der Waals surface area contributed by atoms with E-state index in [-0.39, 0.29) is 29.4 Å². The van der Waals surface area contributed by atoms with Crippen molar-refractivity contribution >= 4 is 29.9 Å². The first-order chi connectivity index (χ1) is 13.9. The molecule has 0 spiro atoms. The molecule has 8 heteroatoms. The highest BCUT2D eigenvalue weighted by Crippen LogP contribution is 2.26. The number of aromatic nitrogens is 3. The zero-order valence-corrected chi connectivity index (χ0v) is 21.1. The number of benzene rings is 1. The first kappa shape index (κ1) is 24.4. The van der Waals surface area contributed by atoms with Crippen LogP contribution < -0.4 is 15.4 Å². The first-order valence-corrected chi connectivity index (χ1v) is 10.4. The minimum Gasteiger partial charge on any atom is -0.497 e. The van der Waals surface area contributed by atoms with E-state index in [1.54, 1.807) is 7.11 Å². The molecule has 1 aliphatic rings. The summed E-state index contributed by atoms with van der Waals surface area (Å²) in [6.45, 7) is 7.67. The van der Waals surface area contributed by atoms with Gasteiger partial charge in [0.1, 0.15) is 18.1 Å². The summed E-state index contributed by atoms with van der Waals surface area (Å²) in [4.78, 5) is 4.81. The molecule has 1 aliphatic carbocycles. The third kappa shape index (κ3) is 6.33. The lowest BCUT2D eigenvalue weighted by Gasteiger charge is -2.28. The van der Waals surface area contributed by atoms with Gasteiger partial charge in [-0.15, -0.1) is 34.2 Å². The van der Waals surface area contributed by atoms with E-state index in [1.165, 1.54) is 31.2 Å². The van der Waals surface area contributed by atoms with Crippen molar-refractivity contribution in [3.63, 3.8) is 0 Å². The van der Waals surface area contributed by atoms with Crippen LogP contribution in [0.3, 0.4) is 0 Å². The molecule has 1 aromatic heterocycles. The molecule has 0 amide bonds. The predicted octanol–water partition coefficient (Wildman–Crippen LogP) is 3.71. The highest BCUT2D eigenvalue weighted by atomic mass is 127. The van der Waals surface area contributed by atoms with E-state index in [1.807, 2.05) is 30.7 Å². The van der Waals surface area contributed by atoms with E-state index in [2.05, 4.69) is 46.8 Å². The van der Waals surface area contributed by atoms with Crippen LogP contribution in [-0.2, 0) is 19.0 Å². The number of rotatable bonds is 7. The zero-order chi connectivity index (χ0) is 20.9. The molecule has 1 heterocycles. The molecule has 1 saturated carbocycles. The van der Waals surface area contributed by atoms with Crippen LogP contribution in [0.25, 0.3) is 0 Å². The predicted molar refractivity (Wildman–Crippen MR) is 132 cm³/mol. The molecule has 2 N–H and O–H groups in total. The summed E-state index contributed by atoms with van der Waals surface area (Å²) in [6.07, 6.45) is 4.96. The molecule has 1 fully saturated rings. The molecule has 1 aromatic carbocycles. The van der Waals surface area contributed by atoms with Crippen molar-refractivity contribution in [1.29, 1.82) is 0 Å². The number of hydrogen-bond donors (Lipinski definition) is 2. The number of ether oxygens (including phenoxy) is 1. The first-order valence-electron chi connectivity index (χ1n) is 10.4. The van der Waals surface area contributed by atoms with Crippen LogP contribution in [0.2, 0.25) is 0 Å². The maximum absolute atomic E-state index is 5.39. The topological polar surface area (TPSA) is 76.4 Å². The number of halogens is 1. The van der Waals surface area contributed by atoms with Crippen LogP contribution in [0.4, 0.5) is 0 Å². The Hall–Kier alpha value is -1.84. The Morgan fingerprint density at radius 1 is 1.27 bits per heavy atom. The Bertz CT molecular complexity index is 842. The lowest BCUT2D eigenvalue weighted by Crippen LogP contribution is -2.46. The summed E-state index contributed by atoms with van der Waals surface area (Å²) >= 11 is 0. The normalized spacial score (nSPS) is 15.0. The molecule has 2 aromatic rings. The van der Waals surface area contributed by atoms with Crippen molar-refractivity contribution in [3.05, 3.63) is 41.5 Å². The van der Waals surface area contributed by atoms with Crippen molar-refractivity contribution in [2.75, 3.05) is 13.7 Å². The van der Waals surface area contributed by atoms with Crippen molar-refractivity contribution in [2.45, 2.75) is 64.5 Å². The third-order valence-corrected chi connectivity index (χ3v) is 5.81. The molecular weight excluding hydrogens is 491 g/mol. The van der Waals surface area contributed by atoms with Gasteiger partial charge < -0.3 is 19.9 Å². The third-order valence-electron chi connectivity index (χ3n) is 5.81. The van der Waals surface area contributed by atoms with Gasteiger partial charge in [0.25, 0.3) is 0 Å². The van der Waals surface area contributed by atoms with Gasteiger partial charge in [0.15, 0.2) is 11.8 Å². The molecule has 0 unspecified atom stereocenters. The highest BCUT2D eigenvalue weighted by Gasteiger charge is 2.23. The SMILES string of the molecule is COc1cccc(C(C)(C)CNC(=NCc2nnc(C)n2C)NC2CCCC2)c1.I. The second-order valence-electron chi connectivity index (χ2n) is 8.48. The summed E-state index contributed by atoms with van der Waals surface area (Å²) in [6, 6.07) is 8.75. The lowest BCUT2D eigenvalue weighted by atomic mass is 9.84. The van der Waals surface area contributed by atoms with Gasteiger partial charge >= 0.3 is 0 Å². The Labute approximate surface area is 197 Å².